The summed E-state index contributed by atoms with van der Waals surface area (Å²) in [4.78, 5) is 4.29. The number of hydrogen-bond acceptors (Lipinski definition) is 5. The zero-order chi connectivity index (χ0) is 12.1. The van der Waals surface area contributed by atoms with Gasteiger partial charge in [-0.2, -0.15) is 0 Å². The van der Waals surface area contributed by atoms with Crippen molar-refractivity contribution in [1.82, 2.24) is 24.3 Å². The second-order valence-electron chi connectivity index (χ2n) is 3.63. The van der Waals surface area contributed by atoms with Gasteiger partial charge in [-0.1, -0.05) is 0 Å². The summed E-state index contributed by atoms with van der Waals surface area (Å²) in [6.07, 6.45) is 5.34. The molecule has 7 heteroatoms. The normalized spacial score (nSPS) is 10.9. The molecule has 2 aromatic heterocycles. The quantitative estimate of drug-likeness (QED) is 0.747. The molecule has 2 rings (SSSR count). The van der Waals surface area contributed by atoms with Crippen molar-refractivity contribution in [3.8, 4) is 11.5 Å². The van der Waals surface area contributed by atoms with Crippen molar-refractivity contribution >= 4 is 0 Å². The maximum absolute atomic E-state index is 5.49. The number of nitrogens with two attached hydrogens (primary N) is 1. The molecule has 0 bridgehead atoms. The van der Waals surface area contributed by atoms with Crippen molar-refractivity contribution in [3.63, 3.8) is 0 Å². The highest BCUT2D eigenvalue weighted by molar-refractivity contribution is 5.47. The number of aromatic nitrogens is 5. The topological polar surface area (TPSA) is 83.8 Å². The molecule has 0 aliphatic heterocycles. The van der Waals surface area contributed by atoms with Crippen molar-refractivity contribution in [3.05, 3.63) is 18.9 Å². The fourth-order valence-corrected chi connectivity index (χ4v) is 1.55. The number of hydrogen-bond donors (Lipinski definition) is 1. The van der Waals surface area contributed by atoms with Crippen LogP contribution in [0.3, 0.4) is 0 Å². The van der Waals surface area contributed by atoms with Gasteiger partial charge in [0, 0.05) is 32.9 Å². The largest absolute Gasteiger partial charge is 0.383 e. The van der Waals surface area contributed by atoms with Crippen LogP contribution < -0.4 is 5.73 Å². The Hall–Kier alpha value is -1.73. The standard InChI is InChI=1S/C10H16N6O/c1-17-5-4-16-8-13-14-10(16)9-6-15(3-2-11)7-12-9/h6-8H,2-5,11H2,1H3. The van der Waals surface area contributed by atoms with E-state index in [2.05, 4.69) is 15.2 Å². The highest BCUT2D eigenvalue weighted by Crippen LogP contribution is 2.13. The fourth-order valence-electron chi connectivity index (χ4n) is 1.55. The molecule has 2 heterocycles. The van der Waals surface area contributed by atoms with Crippen molar-refractivity contribution in [2.45, 2.75) is 13.1 Å². The number of rotatable bonds is 6. The minimum atomic E-state index is 0.589. The van der Waals surface area contributed by atoms with Gasteiger partial charge in [-0.3, -0.25) is 0 Å². The second-order valence-corrected chi connectivity index (χ2v) is 3.63. The molecule has 0 aliphatic rings. The number of methoxy groups -OCH3 is 1. The first-order valence-electron chi connectivity index (χ1n) is 5.44. The molecule has 0 aromatic carbocycles. The Bertz CT molecular complexity index is 463. The lowest BCUT2D eigenvalue weighted by molar-refractivity contribution is 0.187. The van der Waals surface area contributed by atoms with Crippen LogP contribution in [0.1, 0.15) is 0 Å². The van der Waals surface area contributed by atoms with Gasteiger partial charge in [-0.15, -0.1) is 10.2 Å². The molecule has 0 fully saturated rings. The summed E-state index contributed by atoms with van der Waals surface area (Å²) in [7, 11) is 1.67. The molecular weight excluding hydrogens is 220 g/mol. The van der Waals surface area contributed by atoms with Crippen molar-refractivity contribution < 1.29 is 4.74 Å². The molecule has 92 valence electrons. The predicted octanol–water partition coefficient (Wildman–Crippen LogP) is -0.253. The molecular formula is C10H16N6O. The molecule has 2 N–H and O–H groups in total. The molecule has 0 amide bonds. The molecule has 0 atom stereocenters. The van der Waals surface area contributed by atoms with E-state index in [9.17, 15) is 0 Å². The van der Waals surface area contributed by atoms with Gasteiger partial charge in [0.1, 0.15) is 12.0 Å². The van der Waals surface area contributed by atoms with E-state index in [1.165, 1.54) is 0 Å². The molecule has 0 radical (unpaired) electrons. The van der Waals surface area contributed by atoms with Crippen molar-refractivity contribution in [2.75, 3.05) is 20.3 Å². The van der Waals surface area contributed by atoms with Crippen molar-refractivity contribution in [2.24, 2.45) is 5.73 Å². The summed E-state index contributed by atoms with van der Waals surface area (Å²) >= 11 is 0. The van der Waals surface area contributed by atoms with Crippen LogP contribution in [0, 0.1) is 0 Å². The zero-order valence-corrected chi connectivity index (χ0v) is 9.78. The summed E-state index contributed by atoms with van der Waals surface area (Å²) in [5.74, 6) is 0.748. The average Bonchev–Trinajstić information content (AvgIpc) is 2.94. The third kappa shape index (κ3) is 2.69. The van der Waals surface area contributed by atoms with Crippen LogP contribution in [0.25, 0.3) is 11.5 Å². The fraction of sp³-hybridized carbons (Fsp3) is 0.500. The van der Waals surface area contributed by atoms with Crippen molar-refractivity contribution in [1.29, 1.82) is 0 Å². The van der Waals surface area contributed by atoms with Crippen LogP contribution in [0.4, 0.5) is 0 Å². The van der Waals surface area contributed by atoms with Crippen LogP contribution in [0.2, 0.25) is 0 Å². The van der Waals surface area contributed by atoms with E-state index in [4.69, 9.17) is 10.5 Å². The van der Waals surface area contributed by atoms with E-state index >= 15 is 0 Å². The first-order valence-corrected chi connectivity index (χ1v) is 5.44. The predicted molar refractivity (Wildman–Crippen MR) is 62.2 cm³/mol. The van der Waals surface area contributed by atoms with Gasteiger partial charge in [-0.05, 0) is 0 Å². The SMILES string of the molecule is COCCn1cnnc1-c1cn(CCN)cn1. The number of imidazole rings is 1. The van der Waals surface area contributed by atoms with E-state index in [-0.39, 0.29) is 0 Å². The molecule has 7 nitrogen and oxygen atoms in total. The molecule has 0 spiro atoms. The smallest absolute Gasteiger partial charge is 0.184 e. The lowest BCUT2D eigenvalue weighted by atomic mass is 10.4. The van der Waals surface area contributed by atoms with E-state index in [0.29, 0.717) is 19.7 Å². The Kier molecular flexibility index (Phi) is 3.84. The first-order chi connectivity index (χ1) is 8.35. The molecule has 17 heavy (non-hydrogen) atoms. The van der Waals surface area contributed by atoms with Gasteiger partial charge < -0.3 is 19.6 Å². The maximum atomic E-state index is 5.49. The lowest BCUT2D eigenvalue weighted by Gasteiger charge is -2.03. The number of nitrogens with zero attached hydrogens (tertiary/aromatic N) is 5. The third-order valence-corrected chi connectivity index (χ3v) is 2.40. The van der Waals surface area contributed by atoms with Gasteiger partial charge in [0.05, 0.1) is 12.9 Å². The first kappa shape index (κ1) is 11.7. The molecule has 0 saturated carbocycles. The van der Waals surface area contributed by atoms with Crippen LogP contribution in [-0.4, -0.2) is 44.6 Å². The summed E-state index contributed by atoms with van der Waals surface area (Å²) in [5, 5.41) is 7.95. The Labute approximate surface area is 99.2 Å². The Morgan fingerprint density at radius 1 is 1.35 bits per heavy atom. The van der Waals surface area contributed by atoms with Gasteiger partial charge >= 0.3 is 0 Å². The lowest BCUT2D eigenvalue weighted by Crippen LogP contribution is -2.08. The number of ether oxygens (including phenoxy) is 1. The summed E-state index contributed by atoms with van der Waals surface area (Å²) in [6.45, 7) is 2.67. The van der Waals surface area contributed by atoms with Crippen LogP contribution >= 0.6 is 0 Å². The third-order valence-electron chi connectivity index (χ3n) is 2.40. The van der Waals surface area contributed by atoms with Crippen LogP contribution in [0.15, 0.2) is 18.9 Å². The highest BCUT2D eigenvalue weighted by atomic mass is 16.5. The molecule has 0 saturated heterocycles. The van der Waals surface area contributed by atoms with Gasteiger partial charge in [0.15, 0.2) is 5.82 Å². The average molecular weight is 236 g/mol. The van der Waals surface area contributed by atoms with E-state index in [0.717, 1.165) is 18.1 Å². The van der Waals surface area contributed by atoms with Gasteiger partial charge in [-0.25, -0.2) is 4.98 Å². The monoisotopic (exact) mass is 236 g/mol. The van der Waals surface area contributed by atoms with Gasteiger partial charge in [0.25, 0.3) is 0 Å². The van der Waals surface area contributed by atoms with E-state index < -0.39 is 0 Å². The van der Waals surface area contributed by atoms with Gasteiger partial charge in [0.2, 0.25) is 0 Å². The second kappa shape index (κ2) is 5.55. The Morgan fingerprint density at radius 3 is 3.00 bits per heavy atom. The van der Waals surface area contributed by atoms with E-state index in [1.807, 2.05) is 15.3 Å². The minimum absolute atomic E-state index is 0.589. The van der Waals surface area contributed by atoms with Crippen LogP contribution in [0.5, 0.6) is 0 Å². The Balaban J connectivity index is 2.17. The summed E-state index contributed by atoms with van der Waals surface area (Å²) in [6, 6.07) is 0. The summed E-state index contributed by atoms with van der Waals surface area (Å²) in [5.41, 5.74) is 6.28. The molecule has 0 unspecified atom stereocenters. The maximum Gasteiger partial charge on any atom is 0.184 e. The zero-order valence-electron chi connectivity index (χ0n) is 9.78. The highest BCUT2D eigenvalue weighted by Gasteiger charge is 2.09. The van der Waals surface area contributed by atoms with E-state index in [1.54, 1.807) is 19.8 Å². The summed E-state index contributed by atoms with van der Waals surface area (Å²) < 4.78 is 8.88. The minimum Gasteiger partial charge on any atom is -0.383 e. The molecule has 2 aromatic rings. The Morgan fingerprint density at radius 2 is 2.24 bits per heavy atom. The molecule has 0 aliphatic carbocycles. The van der Waals surface area contributed by atoms with Crippen LogP contribution in [-0.2, 0) is 17.8 Å².